The Hall–Kier alpha value is -7.41. The van der Waals surface area contributed by atoms with Crippen LogP contribution in [0.2, 0.25) is 0 Å². The van der Waals surface area contributed by atoms with Crippen molar-refractivity contribution in [2.45, 2.75) is 12.0 Å². The van der Waals surface area contributed by atoms with Crippen LogP contribution in [-0.2, 0) is 12.0 Å². The van der Waals surface area contributed by atoms with E-state index in [9.17, 15) is 0 Å². The zero-order valence-corrected chi connectivity index (χ0v) is 32.7. The highest BCUT2D eigenvalue weighted by molar-refractivity contribution is 7.21. The molecule has 0 fully saturated rings. The van der Waals surface area contributed by atoms with Gasteiger partial charge in [-0.3, -0.25) is 4.99 Å². The van der Waals surface area contributed by atoms with Gasteiger partial charge in [0, 0.05) is 27.5 Å². The third kappa shape index (κ3) is 5.64. The van der Waals surface area contributed by atoms with Crippen LogP contribution in [-0.4, -0.2) is 16.7 Å². The fourth-order valence-electron chi connectivity index (χ4n) is 9.05. The van der Waals surface area contributed by atoms with Gasteiger partial charge in [-0.2, -0.15) is 0 Å². The zero-order valence-electron chi connectivity index (χ0n) is 31.9. The molecule has 11 rings (SSSR count). The van der Waals surface area contributed by atoms with Crippen molar-refractivity contribution in [3.63, 3.8) is 0 Å². The number of benzene rings is 8. The van der Waals surface area contributed by atoms with Crippen molar-refractivity contribution in [3.05, 3.63) is 233 Å². The summed E-state index contributed by atoms with van der Waals surface area (Å²) in [4.78, 5) is 15.5. The van der Waals surface area contributed by atoms with E-state index in [1.54, 1.807) is 11.3 Å². The van der Waals surface area contributed by atoms with Crippen molar-refractivity contribution in [3.8, 4) is 21.7 Å². The van der Waals surface area contributed by atoms with E-state index in [0.717, 1.165) is 70.5 Å². The summed E-state index contributed by atoms with van der Waals surface area (Å²) in [6.07, 6.45) is 0. The number of para-hydroxylation sites is 1. The van der Waals surface area contributed by atoms with Crippen LogP contribution < -0.4 is 5.73 Å². The molecule has 1 aliphatic carbocycles. The number of aromatic nitrogens is 1. The smallest absolute Gasteiger partial charge is 0.157 e. The Morgan fingerprint density at radius 2 is 1.19 bits per heavy atom. The van der Waals surface area contributed by atoms with Crippen LogP contribution >= 0.6 is 11.3 Å². The summed E-state index contributed by atoms with van der Waals surface area (Å²) in [7, 11) is 0. The Bertz CT molecular complexity index is 3180. The molecule has 0 amide bonds. The van der Waals surface area contributed by atoms with Gasteiger partial charge < -0.3 is 10.2 Å². The van der Waals surface area contributed by atoms with Gasteiger partial charge in [0.25, 0.3) is 0 Å². The highest BCUT2D eigenvalue weighted by Crippen LogP contribution is 2.57. The lowest BCUT2D eigenvalue weighted by Gasteiger charge is -2.33. The minimum atomic E-state index is -0.544. The average Bonchev–Trinajstić information content (AvgIpc) is 4.00. The van der Waals surface area contributed by atoms with E-state index in [4.69, 9.17) is 25.1 Å². The zero-order chi connectivity index (χ0) is 39.3. The van der Waals surface area contributed by atoms with Crippen LogP contribution in [0, 0.1) is 0 Å². The number of hydrogen-bond acceptors (Lipinski definition) is 4. The van der Waals surface area contributed by atoms with Gasteiger partial charge in [0.1, 0.15) is 22.0 Å². The van der Waals surface area contributed by atoms with Crippen LogP contribution in [0.3, 0.4) is 0 Å². The molecule has 0 bridgehead atoms. The van der Waals surface area contributed by atoms with Gasteiger partial charge in [0.05, 0.1) is 22.2 Å². The Morgan fingerprint density at radius 1 is 0.576 bits per heavy atom. The number of nitrogens with zero attached hydrogens (tertiary/aromatic N) is 3. The number of thiazole rings is 1. The summed E-state index contributed by atoms with van der Waals surface area (Å²) in [6.45, 7) is 0.363. The molecule has 6 heteroatoms. The molecule has 2 heterocycles. The fourth-order valence-corrected chi connectivity index (χ4v) is 10.1. The predicted molar refractivity (Wildman–Crippen MR) is 243 cm³/mol. The van der Waals surface area contributed by atoms with Crippen molar-refractivity contribution in [2.24, 2.45) is 15.7 Å². The topological polar surface area (TPSA) is 76.8 Å². The summed E-state index contributed by atoms with van der Waals surface area (Å²) in [6, 6.07) is 67.5. The van der Waals surface area contributed by atoms with E-state index >= 15 is 0 Å². The van der Waals surface area contributed by atoms with E-state index in [1.165, 1.54) is 22.3 Å². The highest BCUT2D eigenvalue weighted by Gasteiger charge is 2.46. The number of aliphatic imine (C=N–C) groups is 2. The van der Waals surface area contributed by atoms with Gasteiger partial charge in [0.2, 0.25) is 0 Å². The van der Waals surface area contributed by atoms with E-state index in [2.05, 4.69) is 133 Å². The maximum Gasteiger partial charge on any atom is 0.157 e. The van der Waals surface area contributed by atoms with Crippen molar-refractivity contribution < 1.29 is 4.42 Å². The molecule has 0 atom stereocenters. The number of furan rings is 1. The Labute approximate surface area is 345 Å². The minimum absolute atomic E-state index is 0.363. The highest BCUT2D eigenvalue weighted by atomic mass is 32.1. The molecule has 10 aromatic rings. The monoisotopic (exact) mass is 776 g/mol. The molecule has 1 aliphatic rings. The molecule has 0 spiro atoms. The largest absolute Gasteiger partial charge is 0.456 e. The van der Waals surface area contributed by atoms with Gasteiger partial charge >= 0.3 is 0 Å². The number of amidine groups is 2. The normalized spacial score (nSPS) is 13.6. The molecule has 0 saturated carbocycles. The number of rotatable bonds is 7. The lowest BCUT2D eigenvalue weighted by atomic mass is 9.67. The molecule has 2 aromatic heterocycles. The first kappa shape index (κ1) is 34.8. The van der Waals surface area contributed by atoms with Gasteiger partial charge in [-0.15, -0.1) is 11.3 Å². The van der Waals surface area contributed by atoms with Crippen LogP contribution in [0.5, 0.6) is 0 Å². The second-order valence-electron chi connectivity index (χ2n) is 14.8. The molecule has 5 nitrogen and oxygen atoms in total. The van der Waals surface area contributed by atoms with Crippen molar-refractivity contribution in [1.82, 2.24) is 4.98 Å². The lowest BCUT2D eigenvalue weighted by molar-refractivity contribution is 0.668. The molecule has 280 valence electrons. The van der Waals surface area contributed by atoms with Crippen molar-refractivity contribution in [2.75, 3.05) is 0 Å². The summed E-state index contributed by atoms with van der Waals surface area (Å²) in [5.41, 5.74) is 20.1. The van der Waals surface area contributed by atoms with Crippen LogP contribution in [0.15, 0.2) is 209 Å². The molecule has 8 aromatic carbocycles. The first-order valence-electron chi connectivity index (χ1n) is 19.8. The molecule has 0 aliphatic heterocycles. The Morgan fingerprint density at radius 3 is 1.95 bits per heavy atom. The van der Waals surface area contributed by atoms with Gasteiger partial charge in [-0.25, -0.2) is 9.98 Å². The summed E-state index contributed by atoms with van der Waals surface area (Å²) < 4.78 is 7.63. The molecule has 2 N–H and O–H groups in total. The second-order valence-corrected chi connectivity index (χ2v) is 15.8. The standard InChI is InChI=1S/C53H36N4OS/c54-50(39-25-15-28-42-48(39)38-24-10-11-27-41(38)53(42,36-20-6-2-7-21-36)37-22-8-3-9-23-37)57-51(34-17-4-1-5-18-34)55-33-35-19-14-30-44-47(35)49-40(26-16-31-45(49)58-44)52-56-43-29-12-13-32-46(43)59-52/h1-32H,33H2,(H2,54,55,57). The van der Waals surface area contributed by atoms with E-state index < -0.39 is 5.41 Å². The Kier molecular flexibility index (Phi) is 8.38. The van der Waals surface area contributed by atoms with Crippen LogP contribution in [0.25, 0.3) is 53.9 Å². The SMILES string of the molecule is N/C(=N\C(=N/Cc1cccc2oc3cccc(-c4nc5ccccc5s4)c3c12)c1ccccc1)c1cccc2c1-c1ccccc1C2(c1ccccc1)c1ccccc1. The summed E-state index contributed by atoms with van der Waals surface area (Å²) >= 11 is 1.69. The predicted octanol–water partition coefficient (Wildman–Crippen LogP) is 12.6. The van der Waals surface area contributed by atoms with Crippen molar-refractivity contribution >= 4 is 55.2 Å². The molecular formula is C53H36N4OS. The van der Waals surface area contributed by atoms with E-state index in [1.807, 2.05) is 60.7 Å². The fraction of sp³-hybridized carbons (Fsp3) is 0.0377. The Balaban J connectivity index is 1.07. The maximum atomic E-state index is 7.21. The molecule has 0 radical (unpaired) electrons. The van der Waals surface area contributed by atoms with Gasteiger partial charge in [-0.1, -0.05) is 170 Å². The first-order chi connectivity index (χ1) is 29.2. The number of fused-ring (bicyclic) bond motifs is 7. The molecule has 0 unspecified atom stereocenters. The molecule has 59 heavy (non-hydrogen) atoms. The van der Waals surface area contributed by atoms with Crippen LogP contribution in [0.1, 0.15) is 38.9 Å². The molecular weight excluding hydrogens is 741 g/mol. The molecule has 0 saturated heterocycles. The minimum Gasteiger partial charge on any atom is -0.456 e. The second kappa shape index (κ2) is 14.2. The summed E-state index contributed by atoms with van der Waals surface area (Å²) in [5, 5.41) is 3.03. The summed E-state index contributed by atoms with van der Waals surface area (Å²) in [5.74, 6) is 0.960. The number of nitrogens with two attached hydrogens (primary N) is 1. The lowest BCUT2D eigenvalue weighted by Crippen LogP contribution is -2.28. The third-order valence-corrected chi connectivity index (χ3v) is 12.6. The van der Waals surface area contributed by atoms with Crippen LogP contribution in [0.4, 0.5) is 0 Å². The van der Waals surface area contributed by atoms with E-state index in [0.29, 0.717) is 18.2 Å². The van der Waals surface area contributed by atoms with Gasteiger partial charge in [-0.05, 0) is 63.2 Å². The third-order valence-electron chi connectivity index (χ3n) is 11.5. The van der Waals surface area contributed by atoms with Gasteiger partial charge in [0.15, 0.2) is 5.84 Å². The average molecular weight is 777 g/mol. The van der Waals surface area contributed by atoms with E-state index in [-0.39, 0.29) is 0 Å². The maximum absolute atomic E-state index is 7.21. The quantitative estimate of drug-likeness (QED) is 0.129. The van der Waals surface area contributed by atoms with Crippen molar-refractivity contribution in [1.29, 1.82) is 0 Å². The first-order valence-corrected chi connectivity index (χ1v) is 20.6. The number of hydrogen-bond donors (Lipinski definition) is 1.